The van der Waals surface area contributed by atoms with Crippen LogP contribution >= 0.6 is 0 Å². The van der Waals surface area contributed by atoms with Crippen molar-refractivity contribution in [2.24, 2.45) is 0 Å². The number of benzene rings is 1. The van der Waals surface area contributed by atoms with Gasteiger partial charge in [-0.3, -0.25) is 4.72 Å². The number of nitrogens with zero attached hydrogens (tertiary/aromatic N) is 1. The molecule has 0 fully saturated rings. The minimum absolute atomic E-state index is 0.193. The fourth-order valence-corrected chi connectivity index (χ4v) is 3.57. The number of nitrogen functional groups attached to an aromatic ring is 1. The zero-order valence-electron chi connectivity index (χ0n) is 12.0. The summed E-state index contributed by atoms with van der Waals surface area (Å²) < 4.78 is 32.5. The first-order valence-corrected chi connectivity index (χ1v) is 7.72. The Morgan fingerprint density at radius 2 is 1.90 bits per heavy atom. The van der Waals surface area contributed by atoms with Gasteiger partial charge in [0.25, 0.3) is 10.0 Å². The Labute approximate surface area is 124 Å². The Balaban J connectivity index is 2.41. The highest BCUT2D eigenvalue weighted by molar-refractivity contribution is 7.92. The molecule has 0 spiro atoms. The predicted molar refractivity (Wildman–Crippen MR) is 81.9 cm³/mol. The number of aryl methyl sites for hydroxylation is 1. The highest BCUT2D eigenvalue weighted by Crippen LogP contribution is 2.26. The Hall–Kier alpha value is -2.28. The first-order valence-electron chi connectivity index (χ1n) is 6.23. The number of sulfonamides is 1. The van der Waals surface area contributed by atoms with Crippen molar-refractivity contribution in [2.45, 2.75) is 18.7 Å². The number of ether oxygens (including phenoxy) is 1. The van der Waals surface area contributed by atoms with Crippen molar-refractivity contribution in [1.82, 2.24) is 4.98 Å². The van der Waals surface area contributed by atoms with Gasteiger partial charge in [-0.2, -0.15) is 0 Å². The maximum absolute atomic E-state index is 12.5. The summed E-state index contributed by atoms with van der Waals surface area (Å²) in [6.45, 7) is 3.41. The third-order valence-corrected chi connectivity index (χ3v) is 4.78. The van der Waals surface area contributed by atoms with Crippen LogP contribution in [0.1, 0.15) is 11.1 Å². The van der Waals surface area contributed by atoms with Gasteiger partial charge in [-0.1, -0.05) is 6.07 Å². The third kappa shape index (κ3) is 3.08. The normalized spacial score (nSPS) is 11.2. The van der Waals surface area contributed by atoms with Gasteiger partial charge in [-0.25, -0.2) is 13.4 Å². The summed E-state index contributed by atoms with van der Waals surface area (Å²) >= 11 is 0. The van der Waals surface area contributed by atoms with Crippen molar-refractivity contribution in [2.75, 3.05) is 17.6 Å². The van der Waals surface area contributed by atoms with Crippen LogP contribution < -0.4 is 15.2 Å². The third-order valence-electron chi connectivity index (χ3n) is 3.11. The number of hydrogen-bond acceptors (Lipinski definition) is 5. The van der Waals surface area contributed by atoms with Crippen LogP contribution in [-0.2, 0) is 10.0 Å². The van der Waals surface area contributed by atoms with Gasteiger partial charge in [0.2, 0.25) is 5.88 Å². The smallest absolute Gasteiger partial charge is 0.262 e. The second kappa shape index (κ2) is 5.61. The van der Waals surface area contributed by atoms with Gasteiger partial charge in [-0.05, 0) is 37.1 Å². The molecule has 0 atom stereocenters. The summed E-state index contributed by atoms with van der Waals surface area (Å²) in [7, 11) is -2.24. The van der Waals surface area contributed by atoms with E-state index < -0.39 is 10.0 Å². The van der Waals surface area contributed by atoms with E-state index in [9.17, 15) is 8.42 Å². The highest BCUT2D eigenvalue weighted by atomic mass is 32.2. The van der Waals surface area contributed by atoms with Crippen LogP contribution in [-0.4, -0.2) is 20.5 Å². The Morgan fingerprint density at radius 3 is 2.48 bits per heavy atom. The van der Waals surface area contributed by atoms with Crippen molar-refractivity contribution < 1.29 is 13.2 Å². The molecule has 6 nitrogen and oxygen atoms in total. The molecule has 112 valence electrons. The molecular weight excluding hydrogens is 290 g/mol. The Bertz CT molecular complexity index is 756. The maximum atomic E-state index is 12.5. The Morgan fingerprint density at radius 1 is 1.19 bits per heavy atom. The topological polar surface area (TPSA) is 94.3 Å². The number of nitrogens with one attached hydrogen (secondary N) is 1. The molecule has 0 amide bonds. The summed E-state index contributed by atoms with van der Waals surface area (Å²) in [5.41, 5.74) is 7.76. The lowest BCUT2D eigenvalue weighted by Gasteiger charge is -2.14. The zero-order chi connectivity index (χ0) is 15.6. The monoisotopic (exact) mass is 307 g/mol. The number of nitrogens with two attached hydrogens (primary N) is 1. The molecule has 0 saturated carbocycles. The van der Waals surface area contributed by atoms with Crippen LogP contribution in [0.25, 0.3) is 0 Å². The first-order chi connectivity index (χ1) is 9.85. The van der Waals surface area contributed by atoms with Gasteiger partial charge in [0.15, 0.2) is 0 Å². The molecule has 0 radical (unpaired) electrons. The standard InChI is InChI=1S/C14H17N3O3S/c1-9-4-6-12(15)10(2)14(9)21(18,19)17-11-5-7-13(20-3)16-8-11/h4-8,17H,15H2,1-3H3. The molecule has 1 aromatic heterocycles. The minimum atomic E-state index is -3.73. The fraction of sp³-hybridized carbons (Fsp3) is 0.214. The van der Waals surface area contributed by atoms with Gasteiger partial charge in [0.05, 0.1) is 23.9 Å². The molecule has 7 heteroatoms. The average molecular weight is 307 g/mol. The van der Waals surface area contributed by atoms with Crippen molar-refractivity contribution in [3.05, 3.63) is 41.6 Å². The molecule has 0 unspecified atom stereocenters. The van der Waals surface area contributed by atoms with Crippen LogP contribution in [0, 0.1) is 13.8 Å². The van der Waals surface area contributed by atoms with Crippen molar-refractivity contribution in [3.63, 3.8) is 0 Å². The molecule has 0 aliphatic rings. The van der Waals surface area contributed by atoms with Gasteiger partial charge < -0.3 is 10.5 Å². The number of pyridine rings is 1. The molecule has 2 rings (SSSR count). The summed E-state index contributed by atoms with van der Waals surface area (Å²) in [6.07, 6.45) is 1.40. The first kappa shape index (κ1) is 15.1. The number of methoxy groups -OCH3 is 1. The van der Waals surface area contributed by atoms with Gasteiger partial charge >= 0.3 is 0 Å². The minimum Gasteiger partial charge on any atom is -0.481 e. The van der Waals surface area contributed by atoms with Gasteiger partial charge in [0, 0.05) is 11.8 Å². The SMILES string of the molecule is COc1ccc(NS(=O)(=O)c2c(C)ccc(N)c2C)cn1. The molecule has 1 aromatic carbocycles. The largest absolute Gasteiger partial charge is 0.481 e. The van der Waals surface area contributed by atoms with E-state index in [4.69, 9.17) is 10.5 Å². The van der Waals surface area contributed by atoms with Crippen LogP contribution in [0.5, 0.6) is 5.88 Å². The van der Waals surface area contributed by atoms with E-state index in [0.717, 1.165) is 0 Å². The molecule has 0 aliphatic carbocycles. The van der Waals surface area contributed by atoms with Gasteiger partial charge in [0.1, 0.15) is 0 Å². The van der Waals surface area contributed by atoms with E-state index in [2.05, 4.69) is 9.71 Å². The summed E-state index contributed by atoms with van der Waals surface area (Å²) in [5, 5.41) is 0. The second-order valence-corrected chi connectivity index (χ2v) is 6.24. The van der Waals surface area contributed by atoms with Crippen LogP contribution in [0.15, 0.2) is 35.4 Å². The van der Waals surface area contributed by atoms with Crippen molar-refractivity contribution in [1.29, 1.82) is 0 Å². The number of anilines is 2. The molecule has 3 N–H and O–H groups in total. The van der Waals surface area contributed by atoms with E-state index in [1.165, 1.54) is 13.3 Å². The van der Waals surface area contributed by atoms with Crippen molar-refractivity contribution in [3.8, 4) is 5.88 Å². The number of aromatic nitrogens is 1. The lowest BCUT2D eigenvalue weighted by Crippen LogP contribution is -2.16. The molecule has 21 heavy (non-hydrogen) atoms. The predicted octanol–water partition coefficient (Wildman–Crippen LogP) is 2.09. The molecule has 1 heterocycles. The quantitative estimate of drug-likeness (QED) is 0.843. The van der Waals surface area contributed by atoms with Crippen LogP contribution in [0.2, 0.25) is 0 Å². The lowest BCUT2D eigenvalue weighted by atomic mass is 10.1. The fourth-order valence-electron chi connectivity index (χ4n) is 2.02. The number of hydrogen-bond donors (Lipinski definition) is 2. The summed E-state index contributed by atoms with van der Waals surface area (Å²) in [5.74, 6) is 0.411. The van der Waals surface area contributed by atoms with E-state index in [0.29, 0.717) is 28.4 Å². The van der Waals surface area contributed by atoms with E-state index in [1.807, 2.05) is 0 Å². The van der Waals surface area contributed by atoms with Crippen molar-refractivity contribution >= 4 is 21.4 Å². The van der Waals surface area contributed by atoms with E-state index in [-0.39, 0.29) is 4.90 Å². The van der Waals surface area contributed by atoms with Crippen LogP contribution in [0.3, 0.4) is 0 Å². The molecule has 0 aliphatic heterocycles. The molecule has 0 saturated heterocycles. The second-order valence-electron chi connectivity index (χ2n) is 4.62. The van der Waals surface area contributed by atoms with E-state index in [1.54, 1.807) is 38.1 Å². The number of rotatable bonds is 4. The van der Waals surface area contributed by atoms with Crippen LogP contribution in [0.4, 0.5) is 11.4 Å². The summed E-state index contributed by atoms with van der Waals surface area (Å²) in [4.78, 5) is 4.16. The molecule has 0 bridgehead atoms. The lowest BCUT2D eigenvalue weighted by molar-refractivity contribution is 0.398. The van der Waals surface area contributed by atoms with E-state index >= 15 is 0 Å². The van der Waals surface area contributed by atoms with Gasteiger partial charge in [-0.15, -0.1) is 0 Å². The average Bonchev–Trinajstić information content (AvgIpc) is 2.43. The highest BCUT2D eigenvalue weighted by Gasteiger charge is 2.21. The molecular formula is C14H17N3O3S. The summed E-state index contributed by atoms with van der Waals surface area (Å²) in [6, 6.07) is 6.54. The molecule has 2 aromatic rings. The Kier molecular flexibility index (Phi) is 4.04. The zero-order valence-corrected chi connectivity index (χ0v) is 12.9. The maximum Gasteiger partial charge on any atom is 0.262 e.